The predicted octanol–water partition coefficient (Wildman–Crippen LogP) is 3.07. The zero-order valence-corrected chi connectivity index (χ0v) is 17.3. The summed E-state index contributed by atoms with van der Waals surface area (Å²) in [5, 5.41) is 0.359. The molecule has 2 aromatic rings. The van der Waals surface area contributed by atoms with Gasteiger partial charge in [0.1, 0.15) is 0 Å². The Labute approximate surface area is 170 Å². The quantitative estimate of drug-likeness (QED) is 0.803. The van der Waals surface area contributed by atoms with Crippen molar-refractivity contribution in [2.75, 3.05) is 13.1 Å². The Morgan fingerprint density at radius 1 is 1.14 bits per heavy atom. The first-order chi connectivity index (χ1) is 13.2. The maximum atomic E-state index is 12.7. The van der Waals surface area contributed by atoms with Crippen LogP contribution in [-0.2, 0) is 21.3 Å². The topological polar surface area (TPSA) is 75.7 Å². The Hall–Kier alpha value is -1.93. The van der Waals surface area contributed by atoms with Crippen LogP contribution in [-0.4, -0.2) is 44.5 Å². The molecule has 1 fully saturated rings. The molecular formula is C20H23ClN2O4S. The van der Waals surface area contributed by atoms with Gasteiger partial charge in [0.25, 0.3) is 5.91 Å². The summed E-state index contributed by atoms with van der Waals surface area (Å²) in [6.45, 7) is 5.14. The van der Waals surface area contributed by atoms with E-state index in [-0.39, 0.29) is 29.6 Å². The van der Waals surface area contributed by atoms with Crippen LogP contribution in [0.3, 0.4) is 0 Å². The number of carbonyl (C=O) groups excluding carboxylic acids is 1. The minimum atomic E-state index is -3.66. The minimum absolute atomic E-state index is 0.00729. The summed E-state index contributed by atoms with van der Waals surface area (Å²) in [5.41, 5.74) is 1.33. The van der Waals surface area contributed by atoms with Crippen molar-refractivity contribution in [1.29, 1.82) is 0 Å². The van der Waals surface area contributed by atoms with Gasteiger partial charge in [-0.1, -0.05) is 29.8 Å². The van der Waals surface area contributed by atoms with Crippen LogP contribution in [0.5, 0.6) is 0 Å². The molecule has 0 bridgehead atoms. The Balaban J connectivity index is 1.64. The molecule has 0 radical (unpaired) electrons. The van der Waals surface area contributed by atoms with Gasteiger partial charge in [0.15, 0.2) is 0 Å². The van der Waals surface area contributed by atoms with Crippen LogP contribution in [0.1, 0.15) is 29.8 Å². The number of morpholine rings is 1. The van der Waals surface area contributed by atoms with Gasteiger partial charge in [0.2, 0.25) is 10.0 Å². The molecule has 0 unspecified atom stereocenters. The van der Waals surface area contributed by atoms with Gasteiger partial charge in [-0.25, -0.2) is 13.1 Å². The summed E-state index contributed by atoms with van der Waals surface area (Å²) in [6, 6.07) is 13.0. The number of amides is 1. The molecule has 1 heterocycles. The van der Waals surface area contributed by atoms with Crippen LogP contribution in [0.4, 0.5) is 0 Å². The molecule has 6 nitrogen and oxygen atoms in total. The SMILES string of the molecule is C[C@@H]1CN(C(=O)c2ccc(CNS(=O)(=O)c3cccc(Cl)c3)cc2)C[C@@H](C)O1. The fourth-order valence-electron chi connectivity index (χ4n) is 3.19. The molecule has 0 saturated carbocycles. The lowest BCUT2D eigenvalue weighted by atomic mass is 10.1. The third-order valence-corrected chi connectivity index (χ3v) is 6.11. The maximum Gasteiger partial charge on any atom is 0.254 e. The Bertz CT molecular complexity index is 937. The third-order valence-electron chi connectivity index (χ3n) is 4.48. The van der Waals surface area contributed by atoms with E-state index in [1.165, 1.54) is 12.1 Å². The number of halogens is 1. The number of hydrogen-bond donors (Lipinski definition) is 1. The second-order valence-electron chi connectivity index (χ2n) is 6.95. The second kappa shape index (κ2) is 8.61. The first-order valence-electron chi connectivity index (χ1n) is 9.03. The lowest BCUT2D eigenvalue weighted by molar-refractivity contribution is -0.0586. The summed E-state index contributed by atoms with van der Waals surface area (Å²) in [7, 11) is -3.66. The van der Waals surface area contributed by atoms with Gasteiger partial charge in [-0.15, -0.1) is 0 Å². The Kier molecular flexibility index (Phi) is 6.40. The highest BCUT2D eigenvalue weighted by molar-refractivity contribution is 7.89. The molecule has 2 aromatic carbocycles. The summed E-state index contributed by atoms with van der Waals surface area (Å²) in [6.07, 6.45) is 0.0146. The molecule has 0 aliphatic carbocycles. The van der Waals surface area contributed by atoms with E-state index in [0.29, 0.717) is 23.7 Å². The molecule has 0 spiro atoms. The van der Waals surface area contributed by atoms with E-state index in [4.69, 9.17) is 16.3 Å². The van der Waals surface area contributed by atoms with Crippen molar-refractivity contribution in [3.63, 3.8) is 0 Å². The average molecular weight is 423 g/mol. The van der Waals surface area contributed by atoms with E-state index in [2.05, 4.69) is 4.72 Å². The Morgan fingerprint density at radius 2 is 1.79 bits per heavy atom. The van der Waals surface area contributed by atoms with E-state index in [1.807, 2.05) is 13.8 Å². The molecule has 150 valence electrons. The number of sulfonamides is 1. The molecule has 1 amide bonds. The smallest absolute Gasteiger partial charge is 0.254 e. The fourth-order valence-corrected chi connectivity index (χ4v) is 4.51. The van der Waals surface area contributed by atoms with Crippen LogP contribution in [0, 0.1) is 0 Å². The fraction of sp³-hybridized carbons (Fsp3) is 0.350. The highest BCUT2D eigenvalue weighted by atomic mass is 35.5. The van der Waals surface area contributed by atoms with E-state index in [1.54, 1.807) is 41.3 Å². The van der Waals surface area contributed by atoms with Gasteiger partial charge >= 0.3 is 0 Å². The first-order valence-corrected chi connectivity index (χ1v) is 10.9. The van der Waals surface area contributed by atoms with E-state index in [0.717, 1.165) is 5.56 Å². The molecular weight excluding hydrogens is 400 g/mol. The molecule has 2 atom stereocenters. The number of nitrogens with one attached hydrogen (secondary N) is 1. The van der Waals surface area contributed by atoms with Gasteiger partial charge in [-0.3, -0.25) is 4.79 Å². The largest absolute Gasteiger partial charge is 0.372 e. The van der Waals surface area contributed by atoms with Crippen LogP contribution in [0.25, 0.3) is 0 Å². The lowest BCUT2D eigenvalue weighted by Crippen LogP contribution is -2.48. The van der Waals surface area contributed by atoms with Gasteiger partial charge in [-0.05, 0) is 49.7 Å². The molecule has 1 aliphatic rings. The van der Waals surface area contributed by atoms with Gasteiger partial charge in [0.05, 0.1) is 17.1 Å². The molecule has 1 aliphatic heterocycles. The predicted molar refractivity (Wildman–Crippen MR) is 108 cm³/mol. The number of ether oxygens (including phenoxy) is 1. The van der Waals surface area contributed by atoms with Crippen LogP contribution < -0.4 is 4.72 Å². The second-order valence-corrected chi connectivity index (χ2v) is 9.15. The first kappa shape index (κ1) is 20.8. The number of rotatable bonds is 5. The normalized spacial score (nSPS) is 20.2. The molecule has 28 heavy (non-hydrogen) atoms. The van der Waals surface area contributed by atoms with Gasteiger partial charge < -0.3 is 9.64 Å². The highest BCUT2D eigenvalue weighted by Crippen LogP contribution is 2.17. The monoisotopic (exact) mass is 422 g/mol. The number of hydrogen-bond acceptors (Lipinski definition) is 4. The summed E-state index contributed by atoms with van der Waals surface area (Å²) >= 11 is 5.86. The lowest BCUT2D eigenvalue weighted by Gasteiger charge is -2.35. The van der Waals surface area contributed by atoms with Crippen LogP contribution in [0.2, 0.25) is 5.02 Å². The molecule has 3 rings (SSSR count). The van der Waals surface area contributed by atoms with Crippen molar-refractivity contribution >= 4 is 27.5 Å². The maximum absolute atomic E-state index is 12.7. The summed E-state index contributed by atoms with van der Waals surface area (Å²) in [4.78, 5) is 14.6. The van der Waals surface area contributed by atoms with Crippen molar-refractivity contribution in [3.8, 4) is 0 Å². The number of nitrogens with zero attached hydrogens (tertiary/aromatic N) is 1. The van der Waals surface area contributed by atoms with Crippen LogP contribution >= 0.6 is 11.6 Å². The van der Waals surface area contributed by atoms with E-state index < -0.39 is 10.0 Å². The van der Waals surface area contributed by atoms with E-state index >= 15 is 0 Å². The standard InChI is InChI=1S/C20H23ClN2O4S/c1-14-12-23(13-15(2)27-14)20(24)17-8-6-16(7-9-17)11-22-28(25,26)19-5-3-4-18(21)10-19/h3-10,14-15,22H,11-13H2,1-2H3/t14-,15-/m1/s1. The average Bonchev–Trinajstić information content (AvgIpc) is 2.65. The zero-order chi connectivity index (χ0) is 20.3. The van der Waals surface area contributed by atoms with Gasteiger partial charge in [-0.2, -0.15) is 0 Å². The zero-order valence-electron chi connectivity index (χ0n) is 15.8. The molecule has 0 aromatic heterocycles. The van der Waals surface area contributed by atoms with Gasteiger partial charge in [0, 0.05) is 30.2 Å². The third kappa shape index (κ3) is 5.11. The van der Waals surface area contributed by atoms with Crippen molar-refractivity contribution in [2.45, 2.75) is 37.5 Å². The summed E-state index contributed by atoms with van der Waals surface area (Å²) in [5.74, 6) is -0.0481. The van der Waals surface area contributed by atoms with Crippen molar-refractivity contribution in [3.05, 3.63) is 64.7 Å². The summed E-state index contributed by atoms with van der Waals surface area (Å²) < 4.78 is 32.9. The van der Waals surface area contributed by atoms with Crippen molar-refractivity contribution in [2.24, 2.45) is 0 Å². The van der Waals surface area contributed by atoms with E-state index in [9.17, 15) is 13.2 Å². The van der Waals surface area contributed by atoms with Crippen molar-refractivity contribution in [1.82, 2.24) is 9.62 Å². The molecule has 8 heteroatoms. The molecule has 1 N–H and O–H groups in total. The van der Waals surface area contributed by atoms with Crippen molar-refractivity contribution < 1.29 is 17.9 Å². The van der Waals surface area contributed by atoms with Crippen LogP contribution in [0.15, 0.2) is 53.4 Å². The number of carbonyl (C=O) groups is 1. The number of benzene rings is 2. The minimum Gasteiger partial charge on any atom is -0.372 e. The Morgan fingerprint density at radius 3 is 2.39 bits per heavy atom. The molecule has 1 saturated heterocycles. The highest BCUT2D eigenvalue weighted by Gasteiger charge is 2.26.